The molecule has 0 spiro atoms. The normalized spacial score (nSPS) is 16.6. The van der Waals surface area contributed by atoms with Crippen LogP contribution >= 0.6 is 11.6 Å². The molecule has 0 atom stereocenters. The zero-order valence-corrected chi connectivity index (χ0v) is 20.5. The lowest BCUT2D eigenvalue weighted by molar-refractivity contribution is 0.324. The van der Waals surface area contributed by atoms with Gasteiger partial charge in [-0.1, -0.05) is 23.8 Å². The summed E-state index contributed by atoms with van der Waals surface area (Å²) in [6, 6.07) is 12.8. The molecule has 0 radical (unpaired) electrons. The second-order valence-corrected chi connectivity index (χ2v) is 8.92. The number of rotatable bonds is 8. The Hall–Kier alpha value is -2.63. The van der Waals surface area contributed by atoms with Gasteiger partial charge in [0.1, 0.15) is 0 Å². The SMILES string of the molecule is COc1cc(C2=CC(CN(c3ccc(Cl)cc3)C3CCNCC3)=CCC2)cc(OC)c1OC. The molecule has 0 aromatic heterocycles. The van der Waals surface area contributed by atoms with E-state index in [1.807, 2.05) is 24.3 Å². The van der Waals surface area contributed by atoms with Gasteiger partial charge in [-0.15, -0.1) is 0 Å². The summed E-state index contributed by atoms with van der Waals surface area (Å²) in [7, 11) is 4.95. The van der Waals surface area contributed by atoms with Crippen LogP contribution in [0.4, 0.5) is 5.69 Å². The Balaban J connectivity index is 1.62. The minimum absolute atomic E-state index is 0.508. The molecule has 1 saturated heterocycles. The molecule has 33 heavy (non-hydrogen) atoms. The number of halogens is 1. The number of anilines is 1. The largest absolute Gasteiger partial charge is 0.493 e. The van der Waals surface area contributed by atoms with Gasteiger partial charge in [-0.05, 0) is 91.9 Å². The number of methoxy groups -OCH3 is 3. The fourth-order valence-electron chi connectivity index (χ4n) is 4.75. The van der Waals surface area contributed by atoms with Crippen LogP contribution in [-0.4, -0.2) is 47.0 Å². The Morgan fingerprint density at radius 3 is 2.24 bits per heavy atom. The average Bonchev–Trinajstić information content (AvgIpc) is 2.87. The van der Waals surface area contributed by atoms with Crippen LogP contribution in [0.3, 0.4) is 0 Å². The Bertz CT molecular complexity index is 986. The fourth-order valence-corrected chi connectivity index (χ4v) is 4.88. The summed E-state index contributed by atoms with van der Waals surface area (Å²) in [5, 5.41) is 4.25. The first-order chi connectivity index (χ1) is 16.1. The third-order valence-electron chi connectivity index (χ3n) is 6.48. The van der Waals surface area contributed by atoms with Crippen LogP contribution in [0.1, 0.15) is 31.2 Å². The molecule has 5 nitrogen and oxygen atoms in total. The van der Waals surface area contributed by atoms with Crippen LogP contribution in [0.2, 0.25) is 5.02 Å². The molecule has 6 heteroatoms. The molecule has 4 rings (SSSR count). The maximum Gasteiger partial charge on any atom is 0.203 e. The van der Waals surface area contributed by atoms with Crippen molar-refractivity contribution >= 4 is 22.9 Å². The van der Waals surface area contributed by atoms with E-state index in [9.17, 15) is 0 Å². The van der Waals surface area contributed by atoms with Crippen molar-refractivity contribution in [2.45, 2.75) is 31.7 Å². The van der Waals surface area contributed by atoms with Crippen molar-refractivity contribution in [2.75, 3.05) is 45.9 Å². The summed E-state index contributed by atoms with van der Waals surface area (Å²) in [5.74, 6) is 1.98. The molecule has 1 fully saturated rings. The van der Waals surface area contributed by atoms with Crippen LogP contribution in [0.15, 0.2) is 54.1 Å². The molecule has 2 aromatic rings. The molecule has 1 N–H and O–H groups in total. The first-order valence-corrected chi connectivity index (χ1v) is 11.9. The van der Waals surface area contributed by atoms with Gasteiger partial charge in [0, 0.05) is 23.3 Å². The Morgan fingerprint density at radius 2 is 1.64 bits per heavy atom. The summed E-state index contributed by atoms with van der Waals surface area (Å²) in [6.07, 6.45) is 8.97. The standard InChI is InChI=1S/C27H33ClN2O3/c1-31-25-16-21(17-26(32-2)27(25)33-3)20-6-4-5-19(15-20)18-30(24-11-13-29-14-12-24)23-9-7-22(28)8-10-23/h5,7-10,15-17,24,29H,4,6,11-14,18H2,1-3H3. The smallest absolute Gasteiger partial charge is 0.203 e. The predicted octanol–water partition coefficient (Wildman–Crippen LogP) is 5.73. The van der Waals surface area contributed by atoms with Crippen LogP contribution in [0, 0.1) is 0 Å². The van der Waals surface area contributed by atoms with Crippen molar-refractivity contribution < 1.29 is 14.2 Å². The van der Waals surface area contributed by atoms with Crippen molar-refractivity contribution in [1.29, 1.82) is 0 Å². The number of piperidine rings is 1. The molecule has 0 bridgehead atoms. The Morgan fingerprint density at radius 1 is 0.970 bits per heavy atom. The van der Waals surface area contributed by atoms with Gasteiger partial charge in [-0.3, -0.25) is 0 Å². The van der Waals surface area contributed by atoms with Crippen LogP contribution in [0.5, 0.6) is 17.2 Å². The molecule has 0 unspecified atom stereocenters. The minimum Gasteiger partial charge on any atom is -0.493 e. The van der Waals surface area contributed by atoms with Gasteiger partial charge < -0.3 is 24.4 Å². The number of nitrogens with one attached hydrogen (secondary N) is 1. The molecule has 2 aromatic carbocycles. The van der Waals surface area contributed by atoms with Gasteiger partial charge >= 0.3 is 0 Å². The highest BCUT2D eigenvalue weighted by Gasteiger charge is 2.23. The van der Waals surface area contributed by atoms with Crippen molar-refractivity contribution in [3.63, 3.8) is 0 Å². The maximum absolute atomic E-state index is 6.17. The number of allylic oxidation sites excluding steroid dienone is 2. The van der Waals surface area contributed by atoms with E-state index in [1.165, 1.54) is 16.8 Å². The van der Waals surface area contributed by atoms with Crippen LogP contribution in [0.25, 0.3) is 5.57 Å². The first kappa shape index (κ1) is 23.5. The lowest BCUT2D eigenvalue weighted by Crippen LogP contribution is -2.44. The van der Waals surface area contributed by atoms with Gasteiger partial charge in [0.2, 0.25) is 5.75 Å². The lowest BCUT2D eigenvalue weighted by Gasteiger charge is -2.37. The van der Waals surface area contributed by atoms with Crippen LogP contribution in [-0.2, 0) is 0 Å². The third kappa shape index (κ3) is 5.48. The second kappa shape index (κ2) is 11.0. The van der Waals surface area contributed by atoms with E-state index >= 15 is 0 Å². The summed E-state index contributed by atoms with van der Waals surface area (Å²) in [5.41, 5.74) is 4.95. The quantitative estimate of drug-likeness (QED) is 0.536. The van der Waals surface area contributed by atoms with E-state index in [4.69, 9.17) is 25.8 Å². The van der Waals surface area contributed by atoms with E-state index in [-0.39, 0.29) is 0 Å². The average molecular weight is 469 g/mol. The highest BCUT2D eigenvalue weighted by atomic mass is 35.5. The van der Waals surface area contributed by atoms with E-state index in [0.717, 1.165) is 55.9 Å². The third-order valence-corrected chi connectivity index (χ3v) is 6.73. The summed E-state index contributed by atoms with van der Waals surface area (Å²) >= 11 is 6.17. The summed E-state index contributed by atoms with van der Waals surface area (Å²) in [4.78, 5) is 2.54. The van der Waals surface area contributed by atoms with E-state index < -0.39 is 0 Å². The Labute approximate surface area is 202 Å². The van der Waals surface area contributed by atoms with Gasteiger partial charge in [-0.2, -0.15) is 0 Å². The van der Waals surface area contributed by atoms with Crippen molar-refractivity contribution in [1.82, 2.24) is 5.32 Å². The van der Waals surface area contributed by atoms with Crippen molar-refractivity contribution in [3.05, 3.63) is 64.7 Å². The molecule has 1 aliphatic carbocycles. The number of hydrogen-bond acceptors (Lipinski definition) is 5. The van der Waals surface area contributed by atoms with Crippen LogP contribution < -0.4 is 24.4 Å². The maximum atomic E-state index is 6.17. The minimum atomic E-state index is 0.508. The highest BCUT2D eigenvalue weighted by molar-refractivity contribution is 6.30. The Kier molecular flexibility index (Phi) is 7.84. The number of ether oxygens (including phenoxy) is 3. The topological polar surface area (TPSA) is 43.0 Å². The molecule has 1 aliphatic heterocycles. The van der Waals surface area contributed by atoms with Gasteiger partial charge in [-0.25, -0.2) is 0 Å². The monoisotopic (exact) mass is 468 g/mol. The number of nitrogens with zero attached hydrogens (tertiary/aromatic N) is 1. The zero-order chi connectivity index (χ0) is 23.2. The van der Waals surface area contributed by atoms with Gasteiger partial charge in [0.05, 0.1) is 21.3 Å². The van der Waals surface area contributed by atoms with Crippen molar-refractivity contribution in [3.8, 4) is 17.2 Å². The summed E-state index contributed by atoms with van der Waals surface area (Å²) in [6.45, 7) is 2.99. The molecule has 1 heterocycles. The zero-order valence-electron chi connectivity index (χ0n) is 19.7. The molecule has 0 amide bonds. The van der Waals surface area contributed by atoms with Crippen molar-refractivity contribution in [2.24, 2.45) is 0 Å². The van der Waals surface area contributed by atoms with E-state index in [1.54, 1.807) is 21.3 Å². The van der Waals surface area contributed by atoms with E-state index in [0.29, 0.717) is 23.3 Å². The fraction of sp³-hybridized carbons (Fsp3) is 0.407. The molecular formula is C27H33ClN2O3. The molecule has 2 aliphatic rings. The van der Waals surface area contributed by atoms with Gasteiger partial charge in [0.15, 0.2) is 11.5 Å². The lowest BCUT2D eigenvalue weighted by atomic mass is 9.92. The summed E-state index contributed by atoms with van der Waals surface area (Å²) < 4.78 is 16.7. The number of benzene rings is 2. The predicted molar refractivity (Wildman–Crippen MR) is 136 cm³/mol. The molecule has 0 saturated carbocycles. The van der Waals surface area contributed by atoms with Gasteiger partial charge in [0.25, 0.3) is 0 Å². The second-order valence-electron chi connectivity index (χ2n) is 8.49. The molecular weight excluding hydrogens is 436 g/mol. The van der Waals surface area contributed by atoms with E-state index in [2.05, 4.69) is 34.5 Å². The first-order valence-electron chi connectivity index (χ1n) is 11.6. The number of hydrogen-bond donors (Lipinski definition) is 1. The highest BCUT2D eigenvalue weighted by Crippen LogP contribution is 2.41. The molecule has 176 valence electrons.